The zero-order valence-electron chi connectivity index (χ0n) is 8.14. The van der Waals surface area contributed by atoms with Crippen LogP contribution in [0.2, 0.25) is 0 Å². The molecule has 0 atom stereocenters. The predicted octanol–water partition coefficient (Wildman–Crippen LogP) is 2.92. The molecule has 0 fully saturated rings. The quantitative estimate of drug-likeness (QED) is 0.736. The van der Waals surface area contributed by atoms with Gasteiger partial charge in [-0.1, -0.05) is 6.07 Å². The van der Waals surface area contributed by atoms with Gasteiger partial charge in [-0.25, -0.2) is 0 Å². The minimum atomic E-state index is -4.64. The molecule has 0 aliphatic rings. The lowest BCUT2D eigenvalue weighted by molar-refractivity contribution is -0.138. The van der Waals surface area contributed by atoms with Gasteiger partial charge in [-0.05, 0) is 25.5 Å². The maximum absolute atomic E-state index is 12.6. The van der Waals surface area contributed by atoms with Crippen LogP contribution in [0.3, 0.4) is 0 Å². The number of carbonyl (C=O) groups is 1. The Balaban J connectivity index is 3.60. The van der Waals surface area contributed by atoms with Gasteiger partial charge in [0.1, 0.15) is 5.75 Å². The van der Waals surface area contributed by atoms with Gasteiger partial charge in [0.05, 0.1) is 11.1 Å². The summed E-state index contributed by atoms with van der Waals surface area (Å²) in [6.07, 6.45) is -4.64. The van der Waals surface area contributed by atoms with Crippen molar-refractivity contribution in [2.24, 2.45) is 0 Å². The summed E-state index contributed by atoms with van der Waals surface area (Å²) in [4.78, 5) is 11.0. The second kappa shape index (κ2) is 3.56. The molecule has 0 amide bonds. The average Bonchev–Trinajstić information content (AvgIpc) is 2.05. The molecule has 1 rings (SSSR count). The number of hydrogen-bond donors (Lipinski definition) is 1. The molecule has 0 aliphatic carbocycles. The molecule has 1 aromatic rings. The van der Waals surface area contributed by atoms with Gasteiger partial charge in [0, 0.05) is 0 Å². The third kappa shape index (κ3) is 2.11. The fraction of sp³-hybridized carbons (Fsp3) is 0.300. The van der Waals surface area contributed by atoms with Gasteiger partial charge < -0.3 is 5.11 Å². The van der Waals surface area contributed by atoms with Gasteiger partial charge in [-0.3, -0.25) is 4.79 Å². The van der Waals surface area contributed by atoms with Crippen LogP contribution in [-0.2, 0) is 6.18 Å². The van der Waals surface area contributed by atoms with Crippen LogP contribution in [0.15, 0.2) is 12.1 Å². The maximum atomic E-state index is 12.6. The monoisotopic (exact) mass is 218 g/mol. The summed E-state index contributed by atoms with van der Waals surface area (Å²) in [5.41, 5.74) is -1.80. The standard InChI is InChI=1S/C10H9F3O2/c1-5-3-4-7(15)8(6(2)14)9(5)10(11,12)13/h3-4,15H,1-2H3. The first-order valence-corrected chi connectivity index (χ1v) is 4.16. The molecule has 0 saturated heterocycles. The molecule has 1 aromatic carbocycles. The van der Waals surface area contributed by atoms with E-state index >= 15 is 0 Å². The zero-order chi connectivity index (χ0) is 11.8. The molecule has 0 aromatic heterocycles. The highest BCUT2D eigenvalue weighted by Crippen LogP contribution is 2.38. The van der Waals surface area contributed by atoms with Crippen molar-refractivity contribution in [3.05, 3.63) is 28.8 Å². The van der Waals surface area contributed by atoms with E-state index in [1.54, 1.807) is 0 Å². The molecule has 0 unspecified atom stereocenters. The number of phenolic OH excluding ortho intramolecular Hbond substituents is 1. The second-order valence-electron chi connectivity index (χ2n) is 3.21. The lowest BCUT2D eigenvalue weighted by atomic mass is 9.98. The lowest BCUT2D eigenvalue weighted by Gasteiger charge is -2.14. The molecule has 82 valence electrons. The van der Waals surface area contributed by atoms with E-state index in [-0.39, 0.29) is 5.56 Å². The van der Waals surface area contributed by atoms with Crippen LogP contribution in [0, 0.1) is 6.92 Å². The molecule has 0 spiro atoms. The fourth-order valence-corrected chi connectivity index (χ4v) is 1.42. The summed E-state index contributed by atoms with van der Waals surface area (Å²) in [6, 6.07) is 2.21. The zero-order valence-corrected chi connectivity index (χ0v) is 8.14. The van der Waals surface area contributed by atoms with Crippen LogP contribution >= 0.6 is 0 Å². The first-order chi connectivity index (χ1) is 6.75. The third-order valence-corrected chi connectivity index (χ3v) is 2.03. The average molecular weight is 218 g/mol. The summed E-state index contributed by atoms with van der Waals surface area (Å²) >= 11 is 0. The first kappa shape index (κ1) is 11.6. The SMILES string of the molecule is CC(=O)c1c(O)ccc(C)c1C(F)(F)F. The molecule has 0 saturated carbocycles. The van der Waals surface area contributed by atoms with Gasteiger partial charge >= 0.3 is 6.18 Å². The molecule has 0 radical (unpaired) electrons. The summed E-state index contributed by atoms with van der Waals surface area (Å²) in [5.74, 6) is -1.44. The minimum Gasteiger partial charge on any atom is -0.507 e. The van der Waals surface area contributed by atoms with Gasteiger partial charge in [-0.2, -0.15) is 13.2 Å². The Kier molecular flexibility index (Phi) is 2.75. The number of carbonyl (C=O) groups excluding carboxylic acids is 1. The first-order valence-electron chi connectivity index (χ1n) is 4.16. The molecule has 0 bridgehead atoms. The van der Waals surface area contributed by atoms with Crippen molar-refractivity contribution >= 4 is 5.78 Å². The van der Waals surface area contributed by atoms with Crippen molar-refractivity contribution in [2.45, 2.75) is 20.0 Å². The van der Waals surface area contributed by atoms with Gasteiger partial charge in [0.2, 0.25) is 0 Å². The highest BCUT2D eigenvalue weighted by atomic mass is 19.4. The van der Waals surface area contributed by atoms with E-state index in [0.717, 1.165) is 19.1 Å². The van der Waals surface area contributed by atoms with Crippen molar-refractivity contribution in [2.75, 3.05) is 0 Å². The van der Waals surface area contributed by atoms with Crippen molar-refractivity contribution in [3.63, 3.8) is 0 Å². The number of phenols is 1. The Labute approximate surface area is 84.3 Å². The molecule has 0 heterocycles. The smallest absolute Gasteiger partial charge is 0.417 e. The number of halogens is 3. The number of aryl methyl sites for hydroxylation is 1. The van der Waals surface area contributed by atoms with Crippen molar-refractivity contribution in [1.82, 2.24) is 0 Å². The van der Waals surface area contributed by atoms with E-state index in [1.807, 2.05) is 0 Å². The summed E-state index contributed by atoms with van der Waals surface area (Å²) in [5, 5.41) is 9.23. The Morgan fingerprint density at radius 3 is 2.20 bits per heavy atom. The largest absolute Gasteiger partial charge is 0.507 e. The number of rotatable bonds is 1. The summed E-state index contributed by atoms with van der Waals surface area (Å²) in [6.45, 7) is 2.23. The van der Waals surface area contributed by atoms with E-state index in [1.165, 1.54) is 6.92 Å². The number of ketones is 1. The van der Waals surface area contributed by atoms with Gasteiger partial charge in [0.15, 0.2) is 5.78 Å². The topological polar surface area (TPSA) is 37.3 Å². The van der Waals surface area contributed by atoms with Crippen LogP contribution in [0.5, 0.6) is 5.75 Å². The van der Waals surface area contributed by atoms with Crippen molar-refractivity contribution < 1.29 is 23.1 Å². The summed E-state index contributed by atoms with van der Waals surface area (Å²) in [7, 11) is 0. The second-order valence-corrected chi connectivity index (χ2v) is 3.21. The molecule has 5 heteroatoms. The molecule has 1 N–H and O–H groups in total. The molecule has 0 aliphatic heterocycles. The molecule has 15 heavy (non-hydrogen) atoms. The predicted molar refractivity (Wildman–Crippen MR) is 47.9 cm³/mol. The Morgan fingerprint density at radius 1 is 1.33 bits per heavy atom. The van der Waals surface area contributed by atoms with Crippen molar-refractivity contribution in [1.29, 1.82) is 0 Å². The van der Waals surface area contributed by atoms with E-state index in [0.29, 0.717) is 0 Å². The Hall–Kier alpha value is -1.52. The number of Topliss-reactive ketones (excluding diaryl/α,β-unsaturated/α-hetero) is 1. The fourth-order valence-electron chi connectivity index (χ4n) is 1.42. The third-order valence-electron chi connectivity index (χ3n) is 2.03. The van der Waals surface area contributed by atoms with Crippen LogP contribution in [0.25, 0.3) is 0 Å². The normalized spacial score (nSPS) is 11.5. The number of hydrogen-bond acceptors (Lipinski definition) is 2. The van der Waals surface area contributed by atoms with E-state index in [4.69, 9.17) is 0 Å². The van der Waals surface area contributed by atoms with Crippen LogP contribution in [0.1, 0.15) is 28.4 Å². The maximum Gasteiger partial charge on any atom is 0.417 e. The molecule has 2 nitrogen and oxygen atoms in total. The lowest BCUT2D eigenvalue weighted by Crippen LogP contribution is -2.14. The Morgan fingerprint density at radius 2 is 1.87 bits per heavy atom. The van der Waals surface area contributed by atoms with E-state index < -0.39 is 28.8 Å². The van der Waals surface area contributed by atoms with Crippen LogP contribution in [-0.4, -0.2) is 10.9 Å². The van der Waals surface area contributed by atoms with Gasteiger partial charge in [0.25, 0.3) is 0 Å². The number of aromatic hydroxyl groups is 1. The number of benzene rings is 1. The highest BCUT2D eigenvalue weighted by Gasteiger charge is 2.37. The van der Waals surface area contributed by atoms with Crippen LogP contribution < -0.4 is 0 Å². The Bertz CT molecular complexity index is 408. The van der Waals surface area contributed by atoms with E-state index in [2.05, 4.69) is 0 Å². The molecular weight excluding hydrogens is 209 g/mol. The van der Waals surface area contributed by atoms with Crippen LogP contribution in [0.4, 0.5) is 13.2 Å². The van der Waals surface area contributed by atoms with Gasteiger partial charge in [-0.15, -0.1) is 0 Å². The highest BCUT2D eigenvalue weighted by molar-refractivity contribution is 5.98. The minimum absolute atomic E-state index is 0.0782. The molecular formula is C10H9F3O2. The van der Waals surface area contributed by atoms with E-state index in [9.17, 15) is 23.1 Å². The summed E-state index contributed by atoms with van der Waals surface area (Å²) < 4.78 is 37.8. The number of alkyl halides is 3. The van der Waals surface area contributed by atoms with Crippen molar-refractivity contribution in [3.8, 4) is 5.75 Å².